The molecule has 0 fully saturated rings. The number of hydrogen-bond acceptors (Lipinski definition) is 4. The molecule has 8 heteroatoms. The highest BCUT2D eigenvalue weighted by Crippen LogP contribution is 2.26. The van der Waals surface area contributed by atoms with E-state index >= 15 is 0 Å². The van der Waals surface area contributed by atoms with E-state index in [1.165, 1.54) is 22.0 Å². The minimum Gasteiger partial charge on any atom is -0.291 e. The summed E-state index contributed by atoms with van der Waals surface area (Å²) in [4.78, 5) is 12.0. The standard InChI is InChI=1S/C16H19N7O/c1-9-5-11(3)12(6-10(9)2)13-7-14(21-20-13)18-16(24)19-15-8-17-22-23(15)4/h5-8H,1-4H3,(H3,18,19,20,21,24). The number of urea groups is 1. The molecule has 0 atom stereocenters. The second-order valence-corrected chi connectivity index (χ2v) is 5.74. The summed E-state index contributed by atoms with van der Waals surface area (Å²) in [5.41, 5.74) is 5.53. The van der Waals surface area contributed by atoms with Gasteiger partial charge in [-0.15, -0.1) is 5.10 Å². The van der Waals surface area contributed by atoms with E-state index in [-0.39, 0.29) is 0 Å². The molecule has 3 aromatic rings. The van der Waals surface area contributed by atoms with E-state index in [9.17, 15) is 4.79 Å². The van der Waals surface area contributed by atoms with Crippen molar-refractivity contribution in [2.45, 2.75) is 20.8 Å². The van der Waals surface area contributed by atoms with Crippen molar-refractivity contribution >= 4 is 17.7 Å². The zero-order chi connectivity index (χ0) is 17.3. The first-order valence-electron chi connectivity index (χ1n) is 7.50. The molecule has 0 radical (unpaired) electrons. The van der Waals surface area contributed by atoms with Crippen molar-refractivity contribution < 1.29 is 4.79 Å². The van der Waals surface area contributed by atoms with Gasteiger partial charge in [0.2, 0.25) is 0 Å². The molecule has 2 amide bonds. The highest BCUT2D eigenvalue weighted by Gasteiger charge is 2.11. The first-order valence-corrected chi connectivity index (χ1v) is 7.50. The average molecular weight is 325 g/mol. The molecule has 0 aliphatic heterocycles. The Kier molecular flexibility index (Phi) is 4.03. The summed E-state index contributed by atoms with van der Waals surface area (Å²) in [7, 11) is 1.69. The molecule has 1 aromatic carbocycles. The third-order valence-electron chi connectivity index (χ3n) is 3.91. The predicted molar refractivity (Wildman–Crippen MR) is 91.9 cm³/mol. The summed E-state index contributed by atoms with van der Waals surface area (Å²) in [5, 5.41) is 19.9. The Morgan fingerprint density at radius 2 is 1.83 bits per heavy atom. The van der Waals surface area contributed by atoms with Crippen LogP contribution in [0.4, 0.5) is 16.4 Å². The zero-order valence-corrected chi connectivity index (χ0v) is 14.0. The van der Waals surface area contributed by atoms with Gasteiger partial charge in [-0.1, -0.05) is 11.3 Å². The molecule has 3 rings (SSSR count). The number of hydrogen-bond donors (Lipinski definition) is 3. The maximum absolute atomic E-state index is 12.0. The maximum Gasteiger partial charge on any atom is 0.326 e. The lowest BCUT2D eigenvalue weighted by Gasteiger charge is -2.07. The Hall–Kier alpha value is -3.16. The van der Waals surface area contributed by atoms with E-state index in [0.717, 1.165) is 16.8 Å². The highest BCUT2D eigenvalue weighted by molar-refractivity contribution is 5.98. The van der Waals surface area contributed by atoms with Crippen LogP contribution >= 0.6 is 0 Å². The molecule has 0 unspecified atom stereocenters. The van der Waals surface area contributed by atoms with Crippen molar-refractivity contribution in [3.8, 4) is 11.3 Å². The van der Waals surface area contributed by atoms with Gasteiger partial charge in [-0.3, -0.25) is 15.7 Å². The molecule has 0 saturated heterocycles. The van der Waals surface area contributed by atoms with Crippen molar-refractivity contribution in [2.75, 3.05) is 10.6 Å². The third kappa shape index (κ3) is 3.12. The number of carbonyl (C=O) groups excluding carboxylic acids is 1. The fraction of sp³-hybridized carbons (Fsp3) is 0.250. The molecule has 3 N–H and O–H groups in total. The molecule has 24 heavy (non-hydrogen) atoms. The molecular formula is C16H19N7O. The first kappa shape index (κ1) is 15.7. The van der Waals surface area contributed by atoms with Crippen LogP contribution < -0.4 is 10.6 Å². The van der Waals surface area contributed by atoms with Gasteiger partial charge in [-0.2, -0.15) is 5.10 Å². The van der Waals surface area contributed by atoms with Crippen molar-refractivity contribution in [2.24, 2.45) is 7.05 Å². The third-order valence-corrected chi connectivity index (χ3v) is 3.91. The lowest BCUT2D eigenvalue weighted by Crippen LogP contribution is -2.21. The normalized spacial score (nSPS) is 10.7. The van der Waals surface area contributed by atoms with Crippen LogP contribution in [0.3, 0.4) is 0 Å². The fourth-order valence-electron chi connectivity index (χ4n) is 2.44. The predicted octanol–water partition coefficient (Wildman–Crippen LogP) is 2.77. The number of H-pyrrole nitrogens is 1. The molecule has 0 saturated carbocycles. The summed E-state index contributed by atoms with van der Waals surface area (Å²) in [6.45, 7) is 6.21. The highest BCUT2D eigenvalue weighted by atomic mass is 16.2. The van der Waals surface area contributed by atoms with Crippen molar-refractivity contribution in [3.63, 3.8) is 0 Å². The summed E-state index contributed by atoms with van der Waals surface area (Å²) < 4.78 is 1.47. The summed E-state index contributed by atoms with van der Waals surface area (Å²) in [6.07, 6.45) is 1.47. The van der Waals surface area contributed by atoms with Crippen molar-refractivity contribution in [1.82, 2.24) is 25.2 Å². The van der Waals surface area contributed by atoms with Gasteiger partial charge in [0.25, 0.3) is 0 Å². The van der Waals surface area contributed by atoms with Crippen LogP contribution in [0.15, 0.2) is 24.4 Å². The molecule has 0 bridgehead atoms. The molecule has 2 aromatic heterocycles. The van der Waals surface area contributed by atoms with Gasteiger partial charge in [0.1, 0.15) is 0 Å². The minimum absolute atomic E-state index is 0.407. The Bertz CT molecular complexity index is 894. The number of aromatic amines is 1. The van der Waals surface area contributed by atoms with Gasteiger partial charge in [0, 0.05) is 18.7 Å². The second kappa shape index (κ2) is 6.15. The SMILES string of the molecule is Cc1cc(C)c(-c2cc(NC(=O)Nc3cnnn3C)n[nH]2)cc1C. The van der Waals surface area contributed by atoms with Crippen LogP contribution in [0.25, 0.3) is 11.3 Å². The quantitative estimate of drug-likeness (QED) is 0.689. The van der Waals surface area contributed by atoms with E-state index in [2.05, 4.69) is 64.0 Å². The van der Waals surface area contributed by atoms with E-state index in [0.29, 0.717) is 11.6 Å². The van der Waals surface area contributed by atoms with Crippen LogP contribution in [0.2, 0.25) is 0 Å². The van der Waals surface area contributed by atoms with Gasteiger partial charge in [0.05, 0.1) is 11.9 Å². The van der Waals surface area contributed by atoms with E-state index in [1.54, 1.807) is 13.1 Å². The summed E-state index contributed by atoms with van der Waals surface area (Å²) in [5.74, 6) is 0.934. The van der Waals surface area contributed by atoms with Crippen molar-refractivity contribution in [3.05, 3.63) is 41.1 Å². The molecule has 0 spiro atoms. The van der Waals surface area contributed by atoms with Crippen molar-refractivity contribution in [1.29, 1.82) is 0 Å². The van der Waals surface area contributed by atoms with Gasteiger partial charge >= 0.3 is 6.03 Å². The fourth-order valence-corrected chi connectivity index (χ4v) is 2.44. The Balaban J connectivity index is 1.75. The van der Waals surface area contributed by atoms with E-state index in [1.807, 2.05) is 0 Å². The van der Waals surface area contributed by atoms with Crippen LogP contribution in [0, 0.1) is 20.8 Å². The number of nitrogens with zero attached hydrogens (tertiary/aromatic N) is 4. The lowest BCUT2D eigenvalue weighted by molar-refractivity contribution is 0.262. The Morgan fingerprint density at radius 1 is 1.08 bits per heavy atom. The lowest BCUT2D eigenvalue weighted by atomic mass is 9.99. The average Bonchev–Trinajstić information content (AvgIpc) is 3.13. The smallest absolute Gasteiger partial charge is 0.291 e. The largest absolute Gasteiger partial charge is 0.326 e. The van der Waals surface area contributed by atoms with Gasteiger partial charge in [-0.25, -0.2) is 9.48 Å². The topological polar surface area (TPSA) is 101 Å². The van der Waals surface area contributed by atoms with Crippen LogP contribution in [0.1, 0.15) is 16.7 Å². The van der Waals surface area contributed by atoms with Gasteiger partial charge < -0.3 is 0 Å². The van der Waals surface area contributed by atoms with Crippen LogP contribution in [0.5, 0.6) is 0 Å². The number of rotatable bonds is 3. The van der Waals surface area contributed by atoms with Gasteiger partial charge in [0.15, 0.2) is 11.6 Å². The zero-order valence-electron chi connectivity index (χ0n) is 14.0. The molecule has 124 valence electrons. The molecule has 8 nitrogen and oxygen atoms in total. The number of carbonyl (C=O) groups is 1. The van der Waals surface area contributed by atoms with E-state index in [4.69, 9.17) is 0 Å². The number of nitrogens with one attached hydrogen (secondary N) is 3. The second-order valence-electron chi connectivity index (χ2n) is 5.74. The van der Waals surface area contributed by atoms with E-state index < -0.39 is 6.03 Å². The van der Waals surface area contributed by atoms with Crippen LogP contribution in [-0.2, 0) is 7.05 Å². The summed E-state index contributed by atoms with van der Waals surface area (Å²) in [6, 6.07) is 5.65. The number of benzene rings is 1. The molecule has 0 aliphatic carbocycles. The number of aromatic nitrogens is 5. The van der Waals surface area contributed by atoms with Gasteiger partial charge in [-0.05, 0) is 43.5 Å². The monoisotopic (exact) mass is 325 g/mol. The molecule has 0 aliphatic rings. The van der Waals surface area contributed by atoms with Crippen LogP contribution in [-0.4, -0.2) is 31.2 Å². The number of anilines is 2. The minimum atomic E-state index is -0.407. The Morgan fingerprint density at radius 3 is 2.54 bits per heavy atom. The first-order chi connectivity index (χ1) is 11.4. The molecular weight excluding hydrogens is 306 g/mol. The molecule has 2 heterocycles. The summed E-state index contributed by atoms with van der Waals surface area (Å²) >= 11 is 0. The number of aryl methyl sites for hydroxylation is 4. The number of amides is 2. The Labute approximate surface area is 139 Å². The maximum atomic E-state index is 12.0.